The van der Waals surface area contributed by atoms with Crippen molar-refractivity contribution in [2.75, 3.05) is 0 Å². The summed E-state index contributed by atoms with van der Waals surface area (Å²) in [4.78, 5) is 37.7. The van der Waals surface area contributed by atoms with Crippen LogP contribution in [0.4, 0.5) is 4.79 Å². The first-order valence-corrected chi connectivity index (χ1v) is 11.0. The second-order valence-corrected chi connectivity index (χ2v) is 7.77. The molecule has 0 aliphatic carbocycles. The molecule has 0 spiro atoms. The molecule has 0 saturated heterocycles. The van der Waals surface area contributed by atoms with Crippen LogP contribution >= 0.6 is 0 Å². The molecule has 0 aliphatic rings. The zero-order chi connectivity index (χ0) is 24.2. The maximum Gasteiger partial charge on any atom is 0.408 e. The van der Waals surface area contributed by atoms with Crippen LogP contribution < -0.4 is 10.6 Å². The van der Waals surface area contributed by atoms with Crippen LogP contribution in [0, 0.1) is 0 Å². The zero-order valence-corrected chi connectivity index (χ0v) is 19.0. The van der Waals surface area contributed by atoms with Crippen molar-refractivity contribution in [1.82, 2.24) is 10.6 Å². The molecule has 3 rings (SSSR count). The van der Waals surface area contributed by atoms with Gasteiger partial charge in [0.2, 0.25) is 5.91 Å². The van der Waals surface area contributed by atoms with E-state index in [2.05, 4.69) is 10.6 Å². The highest BCUT2D eigenvalue weighted by molar-refractivity contribution is 5.89. The topological polar surface area (TPSA) is 93.7 Å². The number of benzene rings is 3. The number of amides is 2. The Balaban J connectivity index is 1.56. The molecule has 3 aromatic carbocycles. The average Bonchev–Trinajstić information content (AvgIpc) is 2.87. The molecule has 34 heavy (non-hydrogen) atoms. The Morgan fingerprint density at radius 3 is 1.68 bits per heavy atom. The number of esters is 1. The third-order valence-electron chi connectivity index (χ3n) is 5.05. The molecule has 0 heterocycles. The molecule has 7 nitrogen and oxygen atoms in total. The summed E-state index contributed by atoms with van der Waals surface area (Å²) in [5, 5.41) is 5.19. The van der Waals surface area contributed by atoms with Gasteiger partial charge in [-0.25, -0.2) is 9.59 Å². The van der Waals surface area contributed by atoms with Gasteiger partial charge < -0.3 is 20.1 Å². The lowest BCUT2D eigenvalue weighted by Crippen LogP contribution is -2.51. The molecule has 0 bridgehead atoms. The van der Waals surface area contributed by atoms with Gasteiger partial charge in [0, 0.05) is 6.42 Å². The first-order valence-electron chi connectivity index (χ1n) is 11.0. The molecule has 0 unspecified atom stereocenters. The predicted octanol–water partition coefficient (Wildman–Crippen LogP) is 3.77. The Hall–Kier alpha value is -4.13. The number of carbonyl (C=O) groups excluding carboxylic acids is 3. The van der Waals surface area contributed by atoms with Crippen molar-refractivity contribution in [1.29, 1.82) is 0 Å². The Morgan fingerprint density at radius 2 is 1.15 bits per heavy atom. The summed E-state index contributed by atoms with van der Waals surface area (Å²) >= 11 is 0. The largest absolute Gasteiger partial charge is 0.459 e. The lowest BCUT2D eigenvalue weighted by Gasteiger charge is -2.21. The zero-order valence-electron chi connectivity index (χ0n) is 19.0. The van der Waals surface area contributed by atoms with Crippen LogP contribution in [0.15, 0.2) is 91.0 Å². The van der Waals surface area contributed by atoms with E-state index < -0.39 is 30.1 Å². The van der Waals surface area contributed by atoms with Crippen molar-refractivity contribution in [3.63, 3.8) is 0 Å². The fourth-order valence-electron chi connectivity index (χ4n) is 3.18. The van der Waals surface area contributed by atoms with E-state index in [-0.39, 0.29) is 19.6 Å². The van der Waals surface area contributed by atoms with Gasteiger partial charge in [-0.2, -0.15) is 0 Å². The van der Waals surface area contributed by atoms with E-state index in [0.717, 1.165) is 16.7 Å². The smallest absolute Gasteiger partial charge is 0.408 e. The Bertz CT molecular complexity index is 1060. The second kappa shape index (κ2) is 12.8. The molecule has 0 radical (unpaired) electrons. The third-order valence-corrected chi connectivity index (χ3v) is 5.05. The molecule has 3 aromatic rings. The number of hydrogen-bond donors (Lipinski definition) is 2. The quantitative estimate of drug-likeness (QED) is 0.449. The fraction of sp³-hybridized carbons (Fsp3) is 0.222. The number of hydrogen-bond acceptors (Lipinski definition) is 5. The number of ether oxygens (including phenoxy) is 2. The number of alkyl carbamates (subject to hydrolysis) is 1. The Kier molecular flexibility index (Phi) is 9.22. The van der Waals surface area contributed by atoms with Gasteiger partial charge in [-0.3, -0.25) is 4.79 Å². The van der Waals surface area contributed by atoms with E-state index in [0.29, 0.717) is 0 Å². The van der Waals surface area contributed by atoms with Crippen molar-refractivity contribution in [3.05, 3.63) is 108 Å². The van der Waals surface area contributed by atoms with Crippen LogP contribution in [0.25, 0.3) is 0 Å². The van der Waals surface area contributed by atoms with Crippen molar-refractivity contribution >= 4 is 18.0 Å². The summed E-state index contributed by atoms with van der Waals surface area (Å²) in [5.41, 5.74) is 2.54. The van der Waals surface area contributed by atoms with Crippen molar-refractivity contribution < 1.29 is 23.9 Å². The van der Waals surface area contributed by atoms with Gasteiger partial charge in [0.1, 0.15) is 25.3 Å². The summed E-state index contributed by atoms with van der Waals surface area (Å²) in [6, 6.07) is 26.0. The van der Waals surface area contributed by atoms with E-state index in [1.807, 2.05) is 91.0 Å². The number of nitrogens with one attached hydrogen (secondary N) is 2. The maximum absolute atomic E-state index is 12.8. The fourth-order valence-corrected chi connectivity index (χ4v) is 3.18. The molecular weight excluding hydrogens is 432 g/mol. The molecule has 2 atom stereocenters. The minimum absolute atomic E-state index is 0.0868. The molecule has 176 valence electrons. The van der Waals surface area contributed by atoms with Gasteiger partial charge in [-0.15, -0.1) is 0 Å². The van der Waals surface area contributed by atoms with Crippen LogP contribution in [0.5, 0.6) is 0 Å². The highest BCUT2D eigenvalue weighted by atomic mass is 16.5. The third kappa shape index (κ3) is 8.09. The lowest BCUT2D eigenvalue weighted by atomic mass is 10.1. The van der Waals surface area contributed by atoms with Gasteiger partial charge >= 0.3 is 12.1 Å². The van der Waals surface area contributed by atoms with E-state index in [4.69, 9.17) is 9.47 Å². The summed E-state index contributed by atoms with van der Waals surface area (Å²) in [6.45, 7) is 1.71. The van der Waals surface area contributed by atoms with Gasteiger partial charge in [0.15, 0.2) is 0 Å². The van der Waals surface area contributed by atoms with Crippen LogP contribution in [0.2, 0.25) is 0 Å². The van der Waals surface area contributed by atoms with E-state index in [1.165, 1.54) is 6.92 Å². The molecule has 0 aromatic heterocycles. The minimum atomic E-state index is -0.914. The summed E-state index contributed by atoms with van der Waals surface area (Å²) in [6.07, 6.45) is -0.469. The van der Waals surface area contributed by atoms with Crippen LogP contribution in [-0.4, -0.2) is 30.1 Å². The van der Waals surface area contributed by atoms with Gasteiger partial charge in [0.05, 0.1) is 0 Å². The molecule has 0 saturated carbocycles. The molecule has 2 amide bonds. The second-order valence-electron chi connectivity index (χ2n) is 7.77. The first kappa shape index (κ1) is 24.5. The average molecular weight is 461 g/mol. The number of rotatable bonds is 10. The molecule has 0 aliphatic heterocycles. The highest BCUT2D eigenvalue weighted by Gasteiger charge is 2.26. The normalized spacial score (nSPS) is 12.1. The highest BCUT2D eigenvalue weighted by Crippen LogP contribution is 2.08. The molecule has 7 heteroatoms. The van der Waals surface area contributed by atoms with Crippen molar-refractivity contribution in [2.24, 2.45) is 0 Å². The SMILES string of the molecule is C[C@H](NC(=O)OCc1ccccc1)C(=O)N[C@@H](Cc1ccccc1)C(=O)OCc1ccccc1. The summed E-state index contributed by atoms with van der Waals surface area (Å²) in [5.74, 6) is -1.07. The van der Waals surface area contributed by atoms with Gasteiger partial charge in [0.25, 0.3) is 0 Å². The molecule has 2 N–H and O–H groups in total. The summed E-state index contributed by atoms with van der Waals surface area (Å²) < 4.78 is 10.6. The standard InChI is InChI=1S/C27H28N2O5/c1-20(28-27(32)34-19-23-15-9-4-10-16-23)25(30)29-24(17-21-11-5-2-6-12-21)26(31)33-18-22-13-7-3-8-14-22/h2-16,20,24H,17-19H2,1H3,(H,28,32)(H,29,30)/t20-,24-/m0/s1. The lowest BCUT2D eigenvalue weighted by molar-refractivity contribution is -0.149. The maximum atomic E-state index is 12.8. The Labute approximate surface area is 199 Å². The minimum Gasteiger partial charge on any atom is -0.459 e. The van der Waals surface area contributed by atoms with Crippen LogP contribution in [0.3, 0.4) is 0 Å². The van der Waals surface area contributed by atoms with Crippen LogP contribution in [0.1, 0.15) is 23.6 Å². The first-order chi connectivity index (χ1) is 16.5. The van der Waals surface area contributed by atoms with Gasteiger partial charge in [-0.05, 0) is 23.6 Å². The van der Waals surface area contributed by atoms with Crippen LogP contribution in [-0.2, 0) is 38.7 Å². The van der Waals surface area contributed by atoms with Gasteiger partial charge in [-0.1, -0.05) is 91.0 Å². The van der Waals surface area contributed by atoms with E-state index in [9.17, 15) is 14.4 Å². The molecular formula is C27H28N2O5. The van der Waals surface area contributed by atoms with Crippen molar-refractivity contribution in [3.8, 4) is 0 Å². The van der Waals surface area contributed by atoms with E-state index >= 15 is 0 Å². The monoisotopic (exact) mass is 460 g/mol. The predicted molar refractivity (Wildman–Crippen MR) is 128 cm³/mol. The van der Waals surface area contributed by atoms with E-state index in [1.54, 1.807) is 0 Å². The number of carbonyl (C=O) groups is 3. The summed E-state index contributed by atoms with van der Waals surface area (Å²) in [7, 11) is 0. The van der Waals surface area contributed by atoms with Crippen molar-refractivity contribution in [2.45, 2.75) is 38.6 Å². The Morgan fingerprint density at radius 1 is 0.676 bits per heavy atom. The molecule has 0 fully saturated rings.